The first kappa shape index (κ1) is 9.02. The van der Waals surface area contributed by atoms with Gasteiger partial charge >= 0.3 is 5.97 Å². The normalized spacial score (nSPS) is 16.3. The number of carboxylic acids is 1. The molecule has 1 N–H and O–H groups in total. The summed E-state index contributed by atoms with van der Waals surface area (Å²) in [6, 6.07) is 1.49. The molecule has 14 heavy (non-hydrogen) atoms. The van der Waals surface area contributed by atoms with Crippen LogP contribution >= 0.6 is 0 Å². The van der Waals surface area contributed by atoms with Gasteiger partial charge in [0.05, 0.1) is 12.8 Å². The fourth-order valence-corrected chi connectivity index (χ4v) is 1.51. The molecule has 2 heterocycles. The van der Waals surface area contributed by atoms with Crippen LogP contribution in [0.15, 0.2) is 28.9 Å². The largest absolute Gasteiger partial charge is 0.478 e. The zero-order valence-corrected chi connectivity index (χ0v) is 7.64. The molecule has 0 saturated heterocycles. The Balaban J connectivity index is 2.08. The fourth-order valence-electron chi connectivity index (χ4n) is 1.51. The number of hydrogen-bond donors (Lipinski definition) is 1. The molecule has 1 aliphatic heterocycles. The van der Waals surface area contributed by atoms with Gasteiger partial charge in [0.2, 0.25) is 0 Å². The predicted molar refractivity (Wildman–Crippen MR) is 50.1 cm³/mol. The van der Waals surface area contributed by atoms with Crippen LogP contribution in [0.5, 0.6) is 0 Å². The third kappa shape index (κ3) is 1.70. The third-order valence-electron chi connectivity index (χ3n) is 2.24. The lowest BCUT2D eigenvalue weighted by atomic mass is 10.2. The van der Waals surface area contributed by atoms with E-state index >= 15 is 0 Å². The van der Waals surface area contributed by atoms with Gasteiger partial charge in [-0.1, -0.05) is 12.2 Å². The molecule has 0 unspecified atom stereocenters. The van der Waals surface area contributed by atoms with Gasteiger partial charge in [-0.3, -0.25) is 4.90 Å². The second-order valence-electron chi connectivity index (χ2n) is 3.23. The first-order valence-electron chi connectivity index (χ1n) is 4.44. The zero-order chi connectivity index (χ0) is 9.97. The molecule has 0 saturated carbocycles. The highest BCUT2D eigenvalue weighted by Gasteiger charge is 2.16. The molecule has 4 nitrogen and oxygen atoms in total. The Morgan fingerprint density at radius 1 is 1.50 bits per heavy atom. The van der Waals surface area contributed by atoms with Crippen molar-refractivity contribution in [3.63, 3.8) is 0 Å². The summed E-state index contributed by atoms with van der Waals surface area (Å²) in [5.41, 5.74) is 0.261. The van der Waals surface area contributed by atoms with E-state index in [0.717, 1.165) is 13.1 Å². The van der Waals surface area contributed by atoms with E-state index < -0.39 is 5.97 Å². The van der Waals surface area contributed by atoms with Crippen molar-refractivity contribution in [3.05, 3.63) is 35.8 Å². The number of carbonyl (C=O) groups is 1. The van der Waals surface area contributed by atoms with Crippen LogP contribution < -0.4 is 0 Å². The van der Waals surface area contributed by atoms with Crippen molar-refractivity contribution in [2.24, 2.45) is 0 Å². The van der Waals surface area contributed by atoms with Crippen molar-refractivity contribution >= 4 is 5.97 Å². The highest BCUT2D eigenvalue weighted by atomic mass is 16.4. The van der Waals surface area contributed by atoms with Gasteiger partial charge in [-0.05, 0) is 6.07 Å². The minimum atomic E-state index is -0.930. The number of carboxylic acid groups (broad SMARTS) is 1. The Morgan fingerprint density at radius 2 is 2.21 bits per heavy atom. The second-order valence-corrected chi connectivity index (χ2v) is 3.23. The summed E-state index contributed by atoms with van der Waals surface area (Å²) < 4.78 is 5.14. The van der Waals surface area contributed by atoms with Gasteiger partial charge in [0.1, 0.15) is 11.3 Å². The maximum Gasteiger partial charge on any atom is 0.339 e. The van der Waals surface area contributed by atoms with E-state index in [1.54, 1.807) is 0 Å². The van der Waals surface area contributed by atoms with Gasteiger partial charge in [0.15, 0.2) is 0 Å². The average molecular weight is 193 g/mol. The van der Waals surface area contributed by atoms with E-state index in [1.165, 1.54) is 12.3 Å². The predicted octanol–water partition coefficient (Wildman–Crippen LogP) is 1.35. The summed E-state index contributed by atoms with van der Waals surface area (Å²) in [7, 11) is 0. The Bertz CT molecular complexity index is 359. The van der Waals surface area contributed by atoms with Crippen molar-refractivity contribution in [2.75, 3.05) is 13.1 Å². The molecule has 0 bridgehead atoms. The summed E-state index contributed by atoms with van der Waals surface area (Å²) in [4.78, 5) is 12.9. The molecule has 4 heteroatoms. The van der Waals surface area contributed by atoms with Crippen molar-refractivity contribution in [2.45, 2.75) is 6.54 Å². The highest BCUT2D eigenvalue weighted by molar-refractivity contribution is 5.88. The van der Waals surface area contributed by atoms with Crippen molar-refractivity contribution in [1.82, 2.24) is 4.90 Å². The SMILES string of the molecule is O=C(O)c1ccoc1CN1CC=CC1. The first-order chi connectivity index (χ1) is 6.77. The summed E-state index contributed by atoms with van der Waals surface area (Å²) in [6.07, 6.45) is 5.54. The van der Waals surface area contributed by atoms with Crippen LogP contribution in [0.4, 0.5) is 0 Å². The monoisotopic (exact) mass is 193 g/mol. The van der Waals surface area contributed by atoms with Gasteiger partial charge in [-0.15, -0.1) is 0 Å². The average Bonchev–Trinajstić information content (AvgIpc) is 2.75. The third-order valence-corrected chi connectivity index (χ3v) is 2.24. The van der Waals surface area contributed by atoms with Crippen LogP contribution in [-0.2, 0) is 6.54 Å². The molecule has 0 spiro atoms. The Labute approximate surface area is 81.4 Å². The first-order valence-corrected chi connectivity index (χ1v) is 4.44. The molecule has 1 aliphatic rings. The lowest BCUT2D eigenvalue weighted by molar-refractivity contribution is 0.0693. The maximum absolute atomic E-state index is 10.8. The molecule has 1 aromatic rings. The number of hydrogen-bond acceptors (Lipinski definition) is 3. The van der Waals surface area contributed by atoms with Crippen LogP contribution in [0.25, 0.3) is 0 Å². The number of aromatic carboxylic acids is 1. The maximum atomic E-state index is 10.8. The zero-order valence-electron chi connectivity index (χ0n) is 7.64. The summed E-state index contributed by atoms with van der Waals surface area (Å²) in [6.45, 7) is 2.28. The Hall–Kier alpha value is -1.55. The van der Waals surface area contributed by atoms with E-state index in [0.29, 0.717) is 12.3 Å². The number of rotatable bonds is 3. The Morgan fingerprint density at radius 3 is 2.86 bits per heavy atom. The van der Waals surface area contributed by atoms with Gasteiger partial charge in [0.25, 0.3) is 0 Å². The number of furan rings is 1. The van der Waals surface area contributed by atoms with Gasteiger partial charge in [-0.25, -0.2) is 4.79 Å². The van der Waals surface area contributed by atoms with Crippen molar-refractivity contribution < 1.29 is 14.3 Å². The quantitative estimate of drug-likeness (QED) is 0.736. The summed E-state index contributed by atoms with van der Waals surface area (Å²) >= 11 is 0. The molecule has 74 valence electrons. The molecule has 0 amide bonds. The lowest BCUT2D eigenvalue weighted by Gasteiger charge is -2.12. The molecule has 0 radical (unpaired) electrons. The number of nitrogens with zero attached hydrogens (tertiary/aromatic N) is 1. The van der Waals surface area contributed by atoms with E-state index in [2.05, 4.69) is 17.1 Å². The summed E-state index contributed by atoms with van der Waals surface area (Å²) in [5, 5.41) is 8.83. The van der Waals surface area contributed by atoms with E-state index in [1.807, 2.05) is 0 Å². The van der Waals surface area contributed by atoms with Crippen LogP contribution in [0.3, 0.4) is 0 Å². The molecule has 1 aromatic heterocycles. The molecule has 0 fully saturated rings. The molecule has 0 atom stereocenters. The second kappa shape index (κ2) is 3.67. The van der Waals surface area contributed by atoms with Crippen LogP contribution in [0.2, 0.25) is 0 Å². The topological polar surface area (TPSA) is 53.7 Å². The smallest absolute Gasteiger partial charge is 0.339 e. The van der Waals surface area contributed by atoms with Crippen LogP contribution in [0, 0.1) is 0 Å². The van der Waals surface area contributed by atoms with Crippen LogP contribution in [0.1, 0.15) is 16.1 Å². The molecule has 0 aliphatic carbocycles. The molecule has 0 aromatic carbocycles. The van der Waals surface area contributed by atoms with Crippen molar-refractivity contribution in [3.8, 4) is 0 Å². The van der Waals surface area contributed by atoms with Gasteiger partial charge < -0.3 is 9.52 Å². The minimum absolute atomic E-state index is 0.261. The van der Waals surface area contributed by atoms with Crippen molar-refractivity contribution in [1.29, 1.82) is 0 Å². The standard InChI is InChI=1S/C10H11NO3/c12-10(13)8-3-6-14-9(8)7-11-4-1-2-5-11/h1-3,6H,4-5,7H2,(H,12,13). The van der Waals surface area contributed by atoms with Gasteiger partial charge in [-0.2, -0.15) is 0 Å². The van der Waals surface area contributed by atoms with E-state index in [9.17, 15) is 4.79 Å². The highest BCUT2D eigenvalue weighted by Crippen LogP contribution is 2.14. The van der Waals surface area contributed by atoms with Crippen LogP contribution in [-0.4, -0.2) is 29.1 Å². The lowest BCUT2D eigenvalue weighted by Crippen LogP contribution is -2.20. The van der Waals surface area contributed by atoms with E-state index in [4.69, 9.17) is 9.52 Å². The minimum Gasteiger partial charge on any atom is -0.478 e. The fraction of sp³-hybridized carbons (Fsp3) is 0.300. The van der Waals surface area contributed by atoms with E-state index in [-0.39, 0.29) is 5.56 Å². The summed E-state index contributed by atoms with van der Waals surface area (Å²) in [5.74, 6) is -0.401. The van der Waals surface area contributed by atoms with Gasteiger partial charge in [0, 0.05) is 13.1 Å². The molecule has 2 rings (SSSR count). The Kier molecular flexibility index (Phi) is 2.37. The molecular formula is C10H11NO3. The molecular weight excluding hydrogens is 182 g/mol.